The van der Waals surface area contributed by atoms with E-state index in [9.17, 15) is 22.0 Å². The Hall–Kier alpha value is -2.68. The zero-order chi connectivity index (χ0) is 22.8. The molecule has 0 saturated carbocycles. The lowest BCUT2D eigenvalue weighted by atomic mass is 10.1. The fourth-order valence-corrected chi connectivity index (χ4v) is 4.12. The Morgan fingerprint density at radius 1 is 1.03 bits per heavy atom. The van der Waals surface area contributed by atoms with E-state index in [1.165, 1.54) is 18.2 Å². The number of hydrogen-bond donors (Lipinski definition) is 1. The second-order valence-corrected chi connectivity index (χ2v) is 9.31. The van der Waals surface area contributed by atoms with Crippen molar-refractivity contribution in [2.24, 2.45) is 0 Å². The Morgan fingerprint density at radius 2 is 1.71 bits per heavy atom. The van der Waals surface area contributed by atoms with Gasteiger partial charge in [0.1, 0.15) is 11.6 Å². The predicted molar refractivity (Wildman–Crippen MR) is 118 cm³/mol. The van der Waals surface area contributed by atoms with E-state index in [2.05, 4.69) is 5.32 Å². The molecule has 0 unspecified atom stereocenters. The fourth-order valence-electron chi connectivity index (χ4n) is 2.78. The highest BCUT2D eigenvalue weighted by molar-refractivity contribution is 7.92. The van der Waals surface area contributed by atoms with Gasteiger partial charge in [0.2, 0.25) is 10.0 Å². The Bertz CT molecular complexity index is 1240. The molecule has 0 aliphatic carbocycles. The topological polar surface area (TPSA) is 66.5 Å². The molecule has 5 nitrogen and oxygen atoms in total. The van der Waals surface area contributed by atoms with Crippen molar-refractivity contribution < 1.29 is 22.0 Å². The van der Waals surface area contributed by atoms with E-state index in [1.807, 2.05) is 0 Å². The molecule has 31 heavy (non-hydrogen) atoms. The first kappa shape index (κ1) is 23.0. The average molecular weight is 485 g/mol. The number of nitrogens with one attached hydrogen (secondary N) is 1. The Morgan fingerprint density at radius 3 is 2.32 bits per heavy atom. The van der Waals surface area contributed by atoms with Crippen molar-refractivity contribution >= 4 is 50.5 Å². The standard InChI is InChI=1S/C21H16Cl2F2N2O3S/c1-31(29,30)27(19-4-2-3-16(22)20(19)23)12-13-5-7-14(8-6-13)21(28)26-18-10-9-15(24)11-17(18)25/h2-11H,12H2,1H3,(H,26,28). The summed E-state index contributed by atoms with van der Waals surface area (Å²) in [6.07, 6.45) is 1.04. The fraction of sp³-hybridized carbons (Fsp3) is 0.0952. The lowest BCUT2D eigenvalue weighted by Gasteiger charge is -2.24. The summed E-state index contributed by atoms with van der Waals surface area (Å²) >= 11 is 12.2. The number of halogens is 4. The molecule has 0 heterocycles. The van der Waals surface area contributed by atoms with Crippen molar-refractivity contribution in [1.29, 1.82) is 0 Å². The van der Waals surface area contributed by atoms with E-state index in [4.69, 9.17) is 23.2 Å². The molecule has 3 aromatic rings. The van der Waals surface area contributed by atoms with Crippen molar-refractivity contribution in [3.05, 3.63) is 93.5 Å². The SMILES string of the molecule is CS(=O)(=O)N(Cc1ccc(C(=O)Nc2ccc(F)cc2F)cc1)c1cccc(Cl)c1Cl. The smallest absolute Gasteiger partial charge is 0.255 e. The Balaban J connectivity index is 1.81. The maximum atomic E-state index is 13.7. The van der Waals surface area contributed by atoms with Crippen LogP contribution in [0.3, 0.4) is 0 Å². The van der Waals surface area contributed by atoms with Gasteiger partial charge in [0.05, 0.1) is 34.2 Å². The summed E-state index contributed by atoms with van der Waals surface area (Å²) in [6.45, 7) is -0.0482. The van der Waals surface area contributed by atoms with E-state index >= 15 is 0 Å². The highest BCUT2D eigenvalue weighted by atomic mass is 35.5. The summed E-state index contributed by atoms with van der Waals surface area (Å²) in [4.78, 5) is 12.3. The van der Waals surface area contributed by atoms with Crippen LogP contribution in [0.4, 0.5) is 20.2 Å². The van der Waals surface area contributed by atoms with E-state index in [0.29, 0.717) is 11.6 Å². The third kappa shape index (κ3) is 5.52. The lowest BCUT2D eigenvalue weighted by Crippen LogP contribution is -2.29. The summed E-state index contributed by atoms with van der Waals surface area (Å²) in [6, 6.07) is 13.5. The first-order chi connectivity index (χ1) is 14.6. The van der Waals surface area contributed by atoms with Crippen LogP contribution >= 0.6 is 23.2 Å². The van der Waals surface area contributed by atoms with Crippen LogP contribution < -0.4 is 9.62 Å². The maximum absolute atomic E-state index is 13.7. The van der Waals surface area contributed by atoms with Crippen LogP contribution in [-0.2, 0) is 16.6 Å². The van der Waals surface area contributed by atoms with Gasteiger partial charge in [0, 0.05) is 11.6 Å². The minimum atomic E-state index is -3.69. The van der Waals surface area contributed by atoms with Gasteiger partial charge in [-0.2, -0.15) is 0 Å². The quantitative estimate of drug-likeness (QED) is 0.502. The van der Waals surface area contributed by atoms with E-state index in [1.54, 1.807) is 24.3 Å². The molecule has 0 aliphatic rings. The third-order valence-corrected chi connectivity index (χ3v) is 6.26. The highest BCUT2D eigenvalue weighted by Gasteiger charge is 2.21. The number of sulfonamides is 1. The number of nitrogens with zero attached hydrogens (tertiary/aromatic N) is 1. The molecule has 0 aliphatic heterocycles. The summed E-state index contributed by atoms with van der Waals surface area (Å²) in [7, 11) is -3.69. The van der Waals surface area contributed by atoms with Crippen LogP contribution in [0.5, 0.6) is 0 Å². The summed E-state index contributed by atoms with van der Waals surface area (Å²) in [5.74, 6) is -2.25. The van der Waals surface area contributed by atoms with Crippen molar-refractivity contribution in [3.63, 3.8) is 0 Å². The van der Waals surface area contributed by atoms with Gasteiger partial charge in [-0.1, -0.05) is 41.4 Å². The Kier molecular flexibility index (Phi) is 6.83. The molecular formula is C21H16Cl2F2N2O3S. The molecule has 10 heteroatoms. The number of hydrogen-bond acceptors (Lipinski definition) is 3. The lowest BCUT2D eigenvalue weighted by molar-refractivity contribution is 0.102. The van der Waals surface area contributed by atoms with Crippen LogP contribution in [0.2, 0.25) is 10.0 Å². The molecule has 1 amide bonds. The molecule has 0 bridgehead atoms. The molecule has 162 valence electrons. The van der Waals surface area contributed by atoms with Crippen LogP contribution in [0, 0.1) is 11.6 Å². The molecule has 3 rings (SSSR count). The Labute approximate surface area is 188 Å². The third-order valence-electron chi connectivity index (χ3n) is 4.32. The minimum absolute atomic E-state index is 0.0482. The maximum Gasteiger partial charge on any atom is 0.255 e. The first-order valence-electron chi connectivity index (χ1n) is 8.83. The van der Waals surface area contributed by atoms with Crippen LogP contribution in [0.25, 0.3) is 0 Å². The van der Waals surface area contributed by atoms with E-state index in [0.717, 1.165) is 22.7 Å². The summed E-state index contributed by atoms with van der Waals surface area (Å²) in [5.41, 5.74) is 0.852. The van der Waals surface area contributed by atoms with Crippen molar-refractivity contribution in [3.8, 4) is 0 Å². The monoisotopic (exact) mass is 484 g/mol. The van der Waals surface area contributed by atoms with E-state index < -0.39 is 27.6 Å². The van der Waals surface area contributed by atoms with Crippen LogP contribution in [-0.4, -0.2) is 20.6 Å². The molecule has 0 aromatic heterocycles. The zero-order valence-electron chi connectivity index (χ0n) is 16.1. The molecule has 3 aromatic carbocycles. The number of benzene rings is 3. The van der Waals surface area contributed by atoms with Gasteiger partial charge in [-0.3, -0.25) is 9.10 Å². The summed E-state index contributed by atoms with van der Waals surface area (Å²) in [5, 5.41) is 2.68. The number of anilines is 2. The normalized spacial score (nSPS) is 11.3. The molecule has 0 spiro atoms. The van der Waals surface area contributed by atoms with Crippen molar-refractivity contribution in [2.75, 3.05) is 15.9 Å². The second-order valence-electron chi connectivity index (χ2n) is 6.62. The average Bonchev–Trinajstić information content (AvgIpc) is 2.70. The number of carbonyl (C=O) groups excluding carboxylic acids is 1. The number of carbonyl (C=O) groups is 1. The van der Waals surface area contributed by atoms with Crippen molar-refractivity contribution in [2.45, 2.75) is 6.54 Å². The van der Waals surface area contributed by atoms with Gasteiger partial charge in [-0.15, -0.1) is 0 Å². The van der Waals surface area contributed by atoms with Crippen LogP contribution in [0.1, 0.15) is 15.9 Å². The van der Waals surface area contributed by atoms with Gasteiger partial charge >= 0.3 is 0 Å². The van der Waals surface area contributed by atoms with E-state index in [-0.39, 0.29) is 33.5 Å². The predicted octanol–water partition coefficient (Wildman–Crippen LogP) is 5.49. The molecular weight excluding hydrogens is 469 g/mol. The van der Waals surface area contributed by atoms with Gasteiger partial charge < -0.3 is 5.32 Å². The van der Waals surface area contributed by atoms with Gasteiger partial charge in [-0.05, 0) is 42.0 Å². The largest absolute Gasteiger partial charge is 0.319 e. The zero-order valence-corrected chi connectivity index (χ0v) is 18.4. The highest BCUT2D eigenvalue weighted by Crippen LogP contribution is 2.34. The number of rotatable bonds is 6. The van der Waals surface area contributed by atoms with Gasteiger partial charge in [0.15, 0.2) is 0 Å². The molecule has 0 saturated heterocycles. The molecule has 0 atom stereocenters. The first-order valence-corrected chi connectivity index (χ1v) is 11.4. The van der Waals surface area contributed by atoms with Crippen LogP contribution in [0.15, 0.2) is 60.7 Å². The van der Waals surface area contributed by atoms with Crippen molar-refractivity contribution in [1.82, 2.24) is 0 Å². The summed E-state index contributed by atoms with van der Waals surface area (Å²) < 4.78 is 52.5. The second kappa shape index (κ2) is 9.21. The minimum Gasteiger partial charge on any atom is -0.319 e. The molecule has 0 radical (unpaired) electrons. The van der Waals surface area contributed by atoms with Gasteiger partial charge in [0.25, 0.3) is 5.91 Å². The number of amides is 1. The van der Waals surface area contributed by atoms with Gasteiger partial charge in [-0.25, -0.2) is 17.2 Å². The molecule has 1 N–H and O–H groups in total. The molecule has 0 fully saturated rings.